The Balaban J connectivity index is 2.79. The maximum absolute atomic E-state index is 10.3. The summed E-state index contributed by atoms with van der Waals surface area (Å²) in [7, 11) is 0. The minimum Gasteiger partial charge on any atom is -0.504 e. The van der Waals surface area contributed by atoms with E-state index in [2.05, 4.69) is 32.0 Å². The predicted molar refractivity (Wildman–Crippen MR) is 85.0 cm³/mol. The molecule has 0 aliphatic heterocycles. The van der Waals surface area contributed by atoms with Gasteiger partial charge in [-0.05, 0) is 47.6 Å². The molecular weight excluding hydrogens is 264 g/mol. The SMILES string of the molecule is CCc1ccc(CC)c(-c2c(CC)cc(O)c(O)c2O)c1. The third-order valence-corrected chi connectivity index (χ3v) is 3.95. The molecule has 21 heavy (non-hydrogen) atoms. The van der Waals surface area contributed by atoms with Crippen LogP contribution in [0.15, 0.2) is 24.3 Å². The summed E-state index contributed by atoms with van der Waals surface area (Å²) in [6.45, 7) is 6.11. The number of hydrogen-bond donors (Lipinski definition) is 3. The van der Waals surface area contributed by atoms with Gasteiger partial charge in [-0.2, -0.15) is 0 Å². The van der Waals surface area contributed by atoms with Crippen molar-refractivity contribution in [3.63, 3.8) is 0 Å². The lowest BCUT2D eigenvalue weighted by molar-refractivity contribution is 0.368. The fourth-order valence-electron chi connectivity index (χ4n) is 2.66. The number of hydrogen-bond acceptors (Lipinski definition) is 3. The lowest BCUT2D eigenvalue weighted by Crippen LogP contribution is -1.95. The van der Waals surface area contributed by atoms with Gasteiger partial charge in [0.2, 0.25) is 5.75 Å². The zero-order valence-electron chi connectivity index (χ0n) is 12.8. The van der Waals surface area contributed by atoms with Crippen LogP contribution in [-0.4, -0.2) is 15.3 Å². The maximum Gasteiger partial charge on any atom is 0.200 e. The quantitative estimate of drug-likeness (QED) is 0.740. The first-order chi connectivity index (χ1) is 10.0. The minimum atomic E-state index is -0.453. The van der Waals surface area contributed by atoms with Gasteiger partial charge in [0, 0.05) is 5.56 Å². The molecule has 0 aromatic heterocycles. The molecule has 0 bridgehead atoms. The summed E-state index contributed by atoms with van der Waals surface area (Å²) < 4.78 is 0. The van der Waals surface area contributed by atoms with Gasteiger partial charge >= 0.3 is 0 Å². The Kier molecular flexibility index (Phi) is 4.41. The molecule has 2 aromatic carbocycles. The van der Waals surface area contributed by atoms with Gasteiger partial charge in [-0.15, -0.1) is 0 Å². The smallest absolute Gasteiger partial charge is 0.200 e. The second kappa shape index (κ2) is 6.08. The highest BCUT2D eigenvalue weighted by Gasteiger charge is 2.19. The fraction of sp³-hybridized carbons (Fsp3) is 0.333. The summed E-state index contributed by atoms with van der Waals surface area (Å²) in [4.78, 5) is 0. The molecule has 0 radical (unpaired) electrons. The number of aryl methyl sites for hydroxylation is 3. The molecule has 2 aromatic rings. The topological polar surface area (TPSA) is 60.7 Å². The lowest BCUT2D eigenvalue weighted by Gasteiger charge is -2.17. The monoisotopic (exact) mass is 286 g/mol. The summed E-state index contributed by atoms with van der Waals surface area (Å²) in [6, 6.07) is 7.74. The molecule has 112 valence electrons. The van der Waals surface area contributed by atoms with Crippen LogP contribution in [0.4, 0.5) is 0 Å². The minimum absolute atomic E-state index is 0.241. The summed E-state index contributed by atoms with van der Waals surface area (Å²) in [5.41, 5.74) is 4.67. The van der Waals surface area contributed by atoms with Crippen molar-refractivity contribution in [3.05, 3.63) is 41.0 Å². The Bertz CT molecular complexity index is 660. The lowest BCUT2D eigenvalue weighted by atomic mass is 9.90. The average Bonchev–Trinajstić information content (AvgIpc) is 2.51. The highest BCUT2D eigenvalue weighted by molar-refractivity contribution is 5.81. The van der Waals surface area contributed by atoms with E-state index in [1.807, 2.05) is 6.92 Å². The van der Waals surface area contributed by atoms with E-state index in [4.69, 9.17) is 0 Å². The molecular formula is C18H22O3. The summed E-state index contributed by atoms with van der Waals surface area (Å²) >= 11 is 0. The molecule has 0 fully saturated rings. The van der Waals surface area contributed by atoms with Crippen LogP contribution < -0.4 is 0 Å². The molecule has 0 saturated heterocycles. The fourth-order valence-corrected chi connectivity index (χ4v) is 2.66. The predicted octanol–water partition coefficient (Wildman–Crippen LogP) is 4.16. The molecule has 0 aliphatic carbocycles. The number of rotatable bonds is 4. The normalized spacial score (nSPS) is 10.8. The Morgan fingerprint density at radius 1 is 0.762 bits per heavy atom. The average molecular weight is 286 g/mol. The standard InChI is InChI=1S/C18H22O3/c1-4-11-7-8-12(5-2)14(9-11)16-13(6-3)10-15(19)17(20)18(16)21/h7-10,19-21H,4-6H2,1-3H3. The molecule has 0 atom stereocenters. The number of phenolic OH excluding ortho intramolecular Hbond substituents is 3. The number of benzene rings is 2. The Hall–Kier alpha value is -2.16. The molecule has 3 N–H and O–H groups in total. The largest absolute Gasteiger partial charge is 0.504 e. The van der Waals surface area contributed by atoms with E-state index in [0.29, 0.717) is 12.0 Å². The van der Waals surface area contributed by atoms with Crippen molar-refractivity contribution in [2.45, 2.75) is 40.0 Å². The van der Waals surface area contributed by atoms with Gasteiger partial charge in [0.15, 0.2) is 11.5 Å². The van der Waals surface area contributed by atoms with Crippen molar-refractivity contribution in [1.29, 1.82) is 0 Å². The van der Waals surface area contributed by atoms with Gasteiger partial charge in [-0.1, -0.05) is 39.0 Å². The Morgan fingerprint density at radius 2 is 1.43 bits per heavy atom. The van der Waals surface area contributed by atoms with Crippen molar-refractivity contribution in [3.8, 4) is 28.4 Å². The Morgan fingerprint density at radius 3 is 2.00 bits per heavy atom. The van der Waals surface area contributed by atoms with Crippen LogP contribution in [0.3, 0.4) is 0 Å². The first-order valence-corrected chi connectivity index (χ1v) is 7.42. The molecule has 2 rings (SSSR count). The first kappa shape index (κ1) is 15.2. The van der Waals surface area contributed by atoms with Gasteiger partial charge in [-0.25, -0.2) is 0 Å². The highest BCUT2D eigenvalue weighted by atomic mass is 16.3. The molecule has 0 amide bonds. The van der Waals surface area contributed by atoms with Gasteiger partial charge in [0.1, 0.15) is 0 Å². The third kappa shape index (κ3) is 2.68. The van der Waals surface area contributed by atoms with Crippen LogP contribution in [0.5, 0.6) is 17.2 Å². The van der Waals surface area contributed by atoms with Crippen LogP contribution in [0.2, 0.25) is 0 Å². The molecule has 0 aliphatic rings. The van der Waals surface area contributed by atoms with Crippen molar-refractivity contribution < 1.29 is 15.3 Å². The van der Waals surface area contributed by atoms with Crippen LogP contribution in [0.25, 0.3) is 11.1 Å². The molecule has 0 spiro atoms. The Labute approximate surface area is 125 Å². The van der Waals surface area contributed by atoms with E-state index in [9.17, 15) is 15.3 Å². The third-order valence-electron chi connectivity index (χ3n) is 3.95. The number of phenols is 3. The summed E-state index contributed by atoms with van der Waals surface area (Å²) in [5.74, 6) is -0.973. The second-order valence-corrected chi connectivity index (χ2v) is 5.18. The van der Waals surface area contributed by atoms with Gasteiger partial charge < -0.3 is 15.3 Å². The van der Waals surface area contributed by atoms with Crippen molar-refractivity contribution in [2.24, 2.45) is 0 Å². The van der Waals surface area contributed by atoms with Crippen molar-refractivity contribution >= 4 is 0 Å². The van der Waals surface area contributed by atoms with Crippen molar-refractivity contribution in [2.75, 3.05) is 0 Å². The number of aromatic hydroxyl groups is 3. The van der Waals surface area contributed by atoms with E-state index in [0.717, 1.165) is 29.5 Å². The molecule has 3 heteroatoms. The van der Waals surface area contributed by atoms with Gasteiger partial charge in [0.25, 0.3) is 0 Å². The molecule has 0 heterocycles. The summed E-state index contributed by atoms with van der Waals surface area (Å²) in [6.07, 6.45) is 2.41. The van der Waals surface area contributed by atoms with E-state index in [-0.39, 0.29) is 11.5 Å². The summed E-state index contributed by atoms with van der Waals surface area (Å²) in [5, 5.41) is 29.9. The van der Waals surface area contributed by atoms with E-state index in [1.165, 1.54) is 11.6 Å². The second-order valence-electron chi connectivity index (χ2n) is 5.18. The molecule has 0 unspecified atom stereocenters. The van der Waals surface area contributed by atoms with E-state index in [1.54, 1.807) is 0 Å². The highest BCUT2D eigenvalue weighted by Crippen LogP contribution is 2.46. The van der Waals surface area contributed by atoms with Crippen LogP contribution >= 0.6 is 0 Å². The van der Waals surface area contributed by atoms with Crippen LogP contribution in [0, 0.1) is 0 Å². The van der Waals surface area contributed by atoms with Crippen LogP contribution in [-0.2, 0) is 19.3 Å². The zero-order chi connectivity index (χ0) is 15.6. The molecule has 0 saturated carbocycles. The van der Waals surface area contributed by atoms with E-state index < -0.39 is 5.75 Å². The van der Waals surface area contributed by atoms with Gasteiger partial charge in [-0.3, -0.25) is 0 Å². The van der Waals surface area contributed by atoms with Crippen LogP contribution in [0.1, 0.15) is 37.5 Å². The zero-order valence-corrected chi connectivity index (χ0v) is 12.8. The van der Waals surface area contributed by atoms with E-state index >= 15 is 0 Å². The first-order valence-electron chi connectivity index (χ1n) is 7.42. The molecule has 3 nitrogen and oxygen atoms in total. The van der Waals surface area contributed by atoms with Gasteiger partial charge in [0.05, 0.1) is 0 Å². The van der Waals surface area contributed by atoms with Crippen molar-refractivity contribution in [1.82, 2.24) is 0 Å². The maximum atomic E-state index is 10.3.